The van der Waals surface area contributed by atoms with E-state index in [1.807, 2.05) is 0 Å². The Kier molecular flexibility index (Phi) is 7.09. The van der Waals surface area contributed by atoms with Gasteiger partial charge in [0.15, 0.2) is 0 Å². The molecule has 1 atom stereocenters. The molecule has 1 saturated heterocycles. The van der Waals surface area contributed by atoms with E-state index in [1.54, 1.807) is 37.6 Å². The van der Waals surface area contributed by atoms with Crippen LogP contribution in [0, 0.1) is 0 Å². The number of alkyl halides is 3. The first-order valence-electron chi connectivity index (χ1n) is 10.4. The molecule has 0 saturated carbocycles. The fraction of sp³-hybridized carbons (Fsp3) is 0.409. The van der Waals surface area contributed by atoms with Gasteiger partial charge in [-0.3, -0.25) is 4.90 Å². The molecule has 1 fully saturated rings. The summed E-state index contributed by atoms with van der Waals surface area (Å²) in [6, 6.07) is 9.34. The van der Waals surface area contributed by atoms with E-state index >= 15 is 0 Å². The molecule has 0 aliphatic carbocycles. The Morgan fingerprint density at radius 3 is 2.64 bits per heavy atom. The van der Waals surface area contributed by atoms with Gasteiger partial charge in [-0.2, -0.15) is 4.98 Å². The average Bonchev–Trinajstić information content (AvgIpc) is 3.44. The van der Waals surface area contributed by atoms with Crippen LogP contribution in [0.4, 0.5) is 13.2 Å². The third kappa shape index (κ3) is 6.20. The number of rotatable bonds is 9. The summed E-state index contributed by atoms with van der Waals surface area (Å²) in [7, 11) is 1.60. The molecule has 3 heterocycles. The third-order valence-corrected chi connectivity index (χ3v) is 5.16. The van der Waals surface area contributed by atoms with Crippen LogP contribution in [-0.2, 0) is 11.3 Å². The molecule has 1 aliphatic rings. The molecule has 0 unspecified atom stereocenters. The van der Waals surface area contributed by atoms with Crippen molar-refractivity contribution in [1.82, 2.24) is 20.0 Å². The highest BCUT2D eigenvalue weighted by atomic mass is 19.4. The van der Waals surface area contributed by atoms with E-state index in [4.69, 9.17) is 14.0 Å². The summed E-state index contributed by atoms with van der Waals surface area (Å²) >= 11 is 0. The molecule has 1 aliphatic heterocycles. The monoisotopic (exact) mass is 464 g/mol. The maximum Gasteiger partial charge on any atom is 0.573 e. The summed E-state index contributed by atoms with van der Waals surface area (Å²) in [5.41, 5.74) is 1.57. The van der Waals surface area contributed by atoms with Gasteiger partial charge in [0.25, 0.3) is 0 Å². The van der Waals surface area contributed by atoms with Crippen molar-refractivity contribution in [1.29, 1.82) is 0 Å². The van der Waals surface area contributed by atoms with Crippen LogP contribution in [0.3, 0.4) is 0 Å². The zero-order chi connectivity index (χ0) is 23.3. The van der Waals surface area contributed by atoms with Crippen LogP contribution in [0.5, 0.6) is 11.6 Å². The van der Waals surface area contributed by atoms with E-state index in [1.165, 1.54) is 12.1 Å². The van der Waals surface area contributed by atoms with Crippen LogP contribution in [-0.4, -0.2) is 53.3 Å². The van der Waals surface area contributed by atoms with Crippen molar-refractivity contribution in [3.05, 3.63) is 54.0 Å². The molecule has 0 bridgehead atoms. The van der Waals surface area contributed by atoms with Crippen molar-refractivity contribution >= 4 is 0 Å². The first-order chi connectivity index (χ1) is 15.9. The lowest BCUT2D eigenvalue weighted by Gasteiger charge is -2.21. The minimum Gasteiger partial charge on any atom is -0.475 e. The van der Waals surface area contributed by atoms with Crippen LogP contribution in [0.2, 0.25) is 0 Å². The van der Waals surface area contributed by atoms with Gasteiger partial charge in [0, 0.05) is 31.5 Å². The number of likely N-dealkylation sites (tertiary alicyclic amines) is 1. The van der Waals surface area contributed by atoms with Crippen LogP contribution >= 0.6 is 0 Å². The van der Waals surface area contributed by atoms with Gasteiger partial charge in [0.1, 0.15) is 12.4 Å². The van der Waals surface area contributed by atoms with E-state index in [-0.39, 0.29) is 11.8 Å². The number of nitrogens with zero attached hydrogens (tertiary/aromatic N) is 4. The van der Waals surface area contributed by atoms with Crippen LogP contribution in [0.1, 0.15) is 30.3 Å². The van der Waals surface area contributed by atoms with Gasteiger partial charge >= 0.3 is 6.36 Å². The lowest BCUT2D eigenvalue weighted by Crippen LogP contribution is -2.23. The normalized spacial score (nSPS) is 16.8. The van der Waals surface area contributed by atoms with Crippen molar-refractivity contribution in [2.45, 2.75) is 31.8 Å². The third-order valence-electron chi connectivity index (χ3n) is 5.16. The van der Waals surface area contributed by atoms with Gasteiger partial charge in [-0.1, -0.05) is 17.3 Å². The largest absolute Gasteiger partial charge is 0.573 e. The smallest absolute Gasteiger partial charge is 0.475 e. The second-order valence-electron chi connectivity index (χ2n) is 7.50. The van der Waals surface area contributed by atoms with Gasteiger partial charge < -0.3 is 18.7 Å². The molecule has 0 spiro atoms. The molecule has 176 valence electrons. The highest BCUT2D eigenvalue weighted by molar-refractivity contribution is 5.53. The SMILES string of the molecule is COCCOc1ccc(-c2noc([C@H]3CCCN3Cc3ccc(OC(F)(F)F)cc3)n2)cn1. The Morgan fingerprint density at radius 1 is 1.12 bits per heavy atom. The van der Waals surface area contributed by atoms with Gasteiger partial charge in [-0.05, 0) is 43.1 Å². The molecule has 1 aromatic carbocycles. The highest BCUT2D eigenvalue weighted by Gasteiger charge is 2.32. The van der Waals surface area contributed by atoms with Crippen molar-refractivity contribution < 1.29 is 31.9 Å². The van der Waals surface area contributed by atoms with Gasteiger partial charge in [0.05, 0.1) is 12.6 Å². The zero-order valence-electron chi connectivity index (χ0n) is 17.9. The maximum absolute atomic E-state index is 12.3. The number of hydrogen-bond acceptors (Lipinski definition) is 8. The van der Waals surface area contributed by atoms with E-state index in [0.29, 0.717) is 42.9 Å². The van der Waals surface area contributed by atoms with Gasteiger partial charge in [-0.15, -0.1) is 13.2 Å². The number of methoxy groups -OCH3 is 1. The van der Waals surface area contributed by atoms with E-state index in [9.17, 15) is 13.2 Å². The average molecular weight is 464 g/mol. The Balaban J connectivity index is 1.39. The Bertz CT molecular complexity index is 1030. The first-order valence-corrected chi connectivity index (χ1v) is 10.4. The lowest BCUT2D eigenvalue weighted by atomic mass is 10.1. The molecule has 8 nitrogen and oxygen atoms in total. The molecular formula is C22H23F3N4O4. The predicted octanol–water partition coefficient (Wildman–Crippen LogP) is 4.39. The van der Waals surface area contributed by atoms with Crippen LogP contribution < -0.4 is 9.47 Å². The fourth-order valence-electron chi connectivity index (χ4n) is 3.64. The van der Waals surface area contributed by atoms with Crippen molar-refractivity contribution in [2.24, 2.45) is 0 Å². The van der Waals surface area contributed by atoms with E-state index in [0.717, 1.165) is 24.9 Å². The second kappa shape index (κ2) is 10.2. The predicted molar refractivity (Wildman–Crippen MR) is 110 cm³/mol. The van der Waals surface area contributed by atoms with Gasteiger partial charge in [0.2, 0.25) is 17.6 Å². The topological polar surface area (TPSA) is 82.7 Å². The Morgan fingerprint density at radius 2 is 1.94 bits per heavy atom. The zero-order valence-corrected chi connectivity index (χ0v) is 17.9. The van der Waals surface area contributed by atoms with Gasteiger partial charge in [-0.25, -0.2) is 4.98 Å². The highest BCUT2D eigenvalue weighted by Crippen LogP contribution is 2.33. The standard InChI is InChI=1S/C22H23F3N4O4/c1-30-11-12-31-19-9-6-16(13-26-19)20-27-21(33-28-20)18-3-2-10-29(18)14-15-4-7-17(8-5-15)32-22(23,24)25/h4-9,13,18H,2-3,10-12,14H2,1H3/t18-/m1/s1. The minimum atomic E-state index is -4.70. The Hall–Kier alpha value is -3.18. The van der Waals surface area contributed by atoms with Crippen molar-refractivity contribution in [2.75, 3.05) is 26.9 Å². The Labute approximate surface area is 188 Å². The number of hydrogen-bond donors (Lipinski definition) is 0. The maximum atomic E-state index is 12.3. The summed E-state index contributed by atoms with van der Waals surface area (Å²) < 4.78 is 56.9. The lowest BCUT2D eigenvalue weighted by molar-refractivity contribution is -0.274. The first kappa shape index (κ1) is 23.0. The number of benzene rings is 1. The summed E-state index contributed by atoms with van der Waals surface area (Å²) in [5.74, 6) is 1.17. The van der Waals surface area contributed by atoms with Crippen molar-refractivity contribution in [3.63, 3.8) is 0 Å². The van der Waals surface area contributed by atoms with Crippen LogP contribution in [0.15, 0.2) is 47.1 Å². The number of halogens is 3. The molecular weight excluding hydrogens is 441 g/mol. The summed E-state index contributed by atoms with van der Waals surface area (Å²) in [6.07, 6.45) is -1.29. The fourth-order valence-corrected chi connectivity index (χ4v) is 3.64. The van der Waals surface area contributed by atoms with Crippen LogP contribution in [0.25, 0.3) is 11.4 Å². The molecule has 11 heteroatoms. The number of aromatic nitrogens is 3. The molecule has 3 aromatic rings. The summed E-state index contributed by atoms with van der Waals surface area (Å²) in [4.78, 5) is 11.0. The molecule has 2 aromatic heterocycles. The van der Waals surface area contributed by atoms with Crippen molar-refractivity contribution in [3.8, 4) is 23.0 Å². The number of pyridine rings is 1. The summed E-state index contributed by atoms with van der Waals surface area (Å²) in [5, 5.41) is 4.09. The molecule has 33 heavy (non-hydrogen) atoms. The molecule has 0 N–H and O–H groups in total. The molecule has 0 radical (unpaired) electrons. The number of ether oxygens (including phenoxy) is 3. The molecule has 4 rings (SSSR count). The minimum absolute atomic E-state index is 0.0676. The molecule has 0 amide bonds. The van der Waals surface area contributed by atoms with E-state index in [2.05, 4.69) is 24.8 Å². The summed E-state index contributed by atoms with van der Waals surface area (Å²) in [6.45, 7) is 2.24. The van der Waals surface area contributed by atoms with E-state index < -0.39 is 6.36 Å². The second-order valence-corrected chi connectivity index (χ2v) is 7.50. The quantitative estimate of drug-likeness (QED) is 0.431.